The molecule has 0 saturated heterocycles. The van der Waals surface area contributed by atoms with Crippen LogP contribution in [0.15, 0.2) is 30.1 Å². The fraction of sp³-hybridized carbons (Fsp3) is 0.143. The second-order valence-electron chi connectivity index (χ2n) is 4.53. The Morgan fingerprint density at radius 1 is 1.40 bits per heavy atom. The zero-order valence-corrected chi connectivity index (χ0v) is 12.2. The molecule has 0 saturated carbocycles. The van der Waals surface area contributed by atoms with Crippen LogP contribution in [0.2, 0.25) is 5.02 Å². The van der Waals surface area contributed by atoms with Gasteiger partial charge in [-0.05, 0) is 18.2 Å². The van der Waals surface area contributed by atoms with Gasteiger partial charge < -0.3 is 4.90 Å². The molecule has 102 valence electrons. The van der Waals surface area contributed by atoms with E-state index in [1.807, 2.05) is 16.7 Å². The molecule has 0 aliphatic carbocycles. The molecule has 0 unspecified atom stereocenters. The van der Waals surface area contributed by atoms with E-state index in [0.717, 1.165) is 17.1 Å². The van der Waals surface area contributed by atoms with Crippen molar-refractivity contribution in [2.75, 3.05) is 7.05 Å². The Bertz CT molecular complexity index is 721. The Labute approximate surface area is 126 Å². The van der Waals surface area contributed by atoms with Crippen LogP contribution in [0.5, 0.6) is 0 Å². The van der Waals surface area contributed by atoms with Gasteiger partial charge in [0.2, 0.25) is 0 Å². The Hall–Kier alpha value is -1.78. The summed E-state index contributed by atoms with van der Waals surface area (Å²) in [6, 6.07) is 5.39. The van der Waals surface area contributed by atoms with E-state index in [0.29, 0.717) is 17.1 Å². The quantitative estimate of drug-likeness (QED) is 0.810. The molecule has 1 aliphatic rings. The molecule has 4 nitrogen and oxygen atoms in total. The van der Waals surface area contributed by atoms with Crippen LogP contribution in [0.1, 0.15) is 21.7 Å². The van der Waals surface area contributed by atoms with Crippen molar-refractivity contribution >= 4 is 35.2 Å². The number of nitrogens with zero attached hydrogens (tertiary/aromatic N) is 3. The predicted molar refractivity (Wildman–Crippen MR) is 79.3 cm³/mol. The molecule has 0 fully saturated rings. The van der Waals surface area contributed by atoms with Crippen molar-refractivity contribution in [3.63, 3.8) is 0 Å². The molecule has 0 atom stereocenters. The first-order valence-corrected chi connectivity index (χ1v) is 6.82. The largest absolute Gasteiger partial charge is 0.336 e. The molecule has 20 heavy (non-hydrogen) atoms. The summed E-state index contributed by atoms with van der Waals surface area (Å²) < 4.78 is 1.88. The fourth-order valence-corrected chi connectivity index (χ4v) is 2.73. The van der Waals surface area contributed by atoms with E-state index in [-0.39, 0.29) is 5.91 Å². The highest BCUT2D eigenvalue weighted by molar-refractivity contribution is 6.34. The monoisotopic (exact) mass is 307 g/mol. The highest BCUT2D eigenvalue weighted by Gasteiger charge is 2.27. The molecule has 1 aliphatic heterocycles. The van der Waals surface area contributed by atoms with Gasteiger partial charge in [-0.15, -0.1) is 0 Å². The van der Waals surface area contributed by atoms with Crippen molar-refractivity contribution in [2.45, 2.75) is 6.54 Å². The van der Waals surface area contributed by atoms with Crippen LogP contribution < -0.4 is 0 Å². The number of fused-ring (bicyclic) bond motifs is 3. The van der Waals surface area contributed by atoms with Gasteiger partial charge >= 0.3 is 0 Å². The first-order valence-electron chi connectivity index (χ1n) is 6.01. The minimum Gasteiger partial charge on any atom is -0.336 e. The minimum absolute atomic E-state index is 0.102. The number of rotatable bonds is 1. The average molecular weight is 308 g/mol. The zero-order chi connectivity index (χ0) is 14.3. The van der Waals surface area contributed by atoms with Crippen LogP contribution >= 0.6 is 23.2 Å². The first kappa shape index (κ1) is 13.2. The van der Waals surface area contributed by atoms with Crippen LogP contribution in [0.25, 0.3) is 11.8 Å². The van der Waals surface area contributed by atoms with Crippen LogP contribution in [-0.2, 0) is 6.54 Å². The highest BCUT2D eigenvalue weighted by Crippen LogP contribution is 2.30. The number of carbonyl (C=O) groups excluding carboxylic acids is 1. The topological polar surface area (TPSA) is 38.1 Å². The lowest BCUT2D eigenvalue weighted by Crippen LogP contribution is -2.25. The molecule has 1 aromatic carbocycles. The van der Waals surface area contributed by atoms with Crippen LogP contribution in [0, 0.1) is 0 Å². The number of hydrogen-bond donors (Lipinski definition) is 0. The molecule has 0 radical (unpaired) electrons. The normalized spacial score (nSPS) is 14.3. The van der Waals surface area contributed by atoms with Gasteiger partial charge in [-0.2, -0.15) is 0 Å². The summed E-state index contributed by atoms with van der Waals surface area (Å²) in [5.74, 6) is -0.102. The summed E-state index contributed by atoms with van der Waals surface area (Å²) >= 11 is 11.8. The SMILES string of the molecule is CN1Cc2c(/C=C\Cl)ncn2-c2cccc(Cl)c2C1=O. The van der Waals surface area contributed by atoms with Crippen molar-refractivity contribution < 1.29 is 4.79 Å². The lowest BCUT2D eigenvalue weighted by molar-refractivity contribution is 0.0788. The van der Waals surface area contributed by atoms with E-state index in [4.69, 9.17) is 23.2 Å². The van der Waals surface area contributed by atoms with E-state index in [2.05, 4.69) is 4.98 Å². The Morgan fingerprint density at radius 2 is 2.20 bits per heavy atom. The molecule has 0 spiro atoms. The van der Waals surface area contributed by atoms with Gasteiger partial charge in [0.05, 0.1) is 34.2 Å². The Morgan fingerprint density at radius 3 is 2.95 bits per heavy atom. The summed E-state index contributed by atoms with van der Waals surface area (Å²) in [4.78, 5) is 18.4. The summed E-state index contributed by atoms with van der Waals surface area (Å²) in [5, 5.41) is 0.440. The highest BCUT2D eigenvalue weighted by atomic mass is 35.5. The maximum Gasteiger partial charge on any atom is 0.257 e. The van der Waals surface area contributed by atoms with Gasteiger partial charge in [0.1, 0.15) is 6.33 Å². The van der Waals surface area contributed by atoms with E-state index in [9.17, 15) is 4.79 Å². The Balaban J connectivity index is 2.32. The zero-order valence-electron chi connectivity index (χ0n) is 10.7. The third-order valence-corrected chi connectivity index (χ3v) is 3.76. The maximum atomic E-state index is 12.5. The number of benzene rings is 1. The maximum absolute atomic E-state index is 12.5. The number of halogens is 2. The van der Waals surface area contributed by atoms with Gasteiger partial charge in [-0.1, -0.05) is 29.3 Å². The predicted octanol–water partition coefficient (Wildman–Crippen LogP) is 3.32. The molecule has 3 rings (SSSR count). The van der Waals surface area contributed by atoms with E-state index in [1.165, 1.54) is 5.54 Å². The van der Waals surface area contributed by atoms with E-state index in [1.54, 1.807) is 30.4 Å². The molecular weight excluding hydrogens is 297 g/mol. The lowest BCUT2D eigenvalue weighted by Gasteiger charge is -2.14. The van der Waals surface area contributed by atoms with E-state index >= 15 is 0 Å². The summed E-state index contributed by atoms with van der Waals surface area (Å²) in [7, 11) is 1.74. The molecule has 6 heteroatoms. The smallest absolute Gasteiger partial charge is 0.257 e. The van der Waals surface area contributed by atoms with Crippen molar-refractivity contribution in [3.05, 3.63) is 52.0 Å². The molecule has 1 amide bonds. The number of amides is 1. The van der Waals surface area contributed by atoms with Crippen molar-refractivity contribution in [1.29, 1.82) is 0 Å². The number of carbonyl (C=O) groups is 1. The van der Waals surface area contributed by atoms with Crippen LogP contribution in [0.3, 0.4) is 0 Å². The van der Waals surface area contributed by atoms with Crippen LogP contribution in [-0.4, -0.2) is 27.4 Å². The van der Waals surface area contributed by atoms with Crippen molar-refractivity contribution in [3.8, 4) is 5.69 Å². The average Bonchev–Trinajstić information content (AvgIpc) is 2.76. The molecule has 0 N–H and O–H groups in total. The Kier molecular flexibility index (Phi) is 3.28. The van der Waals surface area contributed by atoms with E-state index < -0.39 is 0 Å². The van der Waals surface area contributed by atoms with Gasteiger partial charge in [-0.3, -0.25) is 9.36 Å². The molecule has 0 bridgehead atoms. The standard InChI is InChI=1S/C14H11Cl2N3O/c1-18-7-12-10(5-6-15)17-8-19(12)11-4-2-3-9(16)13(11)14(18)20/h2-6,8H,7H2,1H3/b6-5-. The molecule has 1 aromatic heterocycles. The third-order valence-electron chi connectivity index (χ3n) is 3.32. The number of imidazole rings is 1. The summed E-state index contributed by atoms with van der Waals surface area (Å²) in [6.45, 7) is 0.445. The second kappa shape index (κ2) is 4.96. The third kappa shape index (κ3) is 1.92. The van der Waals surface area contributed by atoms with Crippen LogP contribution in [0.4, 0.5) is 0 Å². The van der Waals surface area contributed by atoms with Gasteiger partial charge in [0.15, 0.2) is 0 Å². The van der Waals surface area contributed by atoms with Gasteiger partial charge in [0.25, 0.3) is 5.91 Å². The summed E-state index contributed by atoms with van der Waals surface area (Å²) in [6.07, 6.45) is 3.39. The first-order chi connectivity index (χ1) is 9.63. The molecule has 2 heterocycles. The molecular formula is C14H11Cl2N3O. The minimum atomic E-state index is -0.102. The van der Waals surface area contributed by atoms with Gasteiger partial charge in [0, 0.05) is 12.6 Å². The number of aromatic nitrogens is 2. The second-order valence-corrected chi connectivity index (χ2v) is 5.19. The molecule has 2 aromatic rings. The lowest BCUT2D eigenvalue weighted by atomic mass is 10.1. The summed E-state index contributed by atoms with van der Waals surface area (Å²) in [5.41, 5.74) is 4.29. The van der Waals surface area contributed by atoms with Crippen molar-refractivity contribution in [1.82, 2.24) is 14.5 Å². The van der Waals surface area contributed by atoms with Gasteiger partial charge in [-0.25, -0.2) is 4.98 Å². The van der Waals surface area contributed by atoms with Crippen molar-refractivity contribution in [2.24, 2.45) is 0 Å². The number of hydrogen-bond acceptors (Lipinski definition) is 2. The fourth-order valence-electron chi connectivity index (χ4n) is 2.36.